The fourth-order valence-corrected chi connectivity index (χ4v) is 3.20. The third-order valence-corrected chi connectivity index (χ3v) is 4.54. The van der Waals surface area contributed by atoms with Gasteiger partial charge in [0.15, 0.2) is 11.6 Å². The molecule has 0 aliphatic carbocycles. The van der Waals surface area contributed by atoms with Gasteiger partial charge in [0.25, 0.3) is 0 Å². The summed E-state index contributed by atoms with van der Waals surface area (Å²) in [7, 11) is 0. The molecule has 0 aliphatic rings. The Morgan fingerprint density at radius 3 is 1.56 bits per heavy atom. The van der Waals surface area contributed by atoms with Crippen LogP contribution in [0, 0.1) is 0 Å². The lowest BCUT2D eigenvalue weighted by atomic mass is 10.1. The van der Waals surface area contributed by atoms with Crippen molar-refractivity contribution in [1.29, 1.82) is 0 Å². The SMILES string of the molecule is O=C(CCC(=O)c1csc(Cl)c1)c1csc(Cl)c1. The number of thiophene rings is 2. The minimum atomic E-state index is -0.0622. The maximum Gasteiger partial charge on any atom is 0.164 e. The summed E-state index contributed by atoms with van der Waals surface area (Å²) in [6.45, 7) is 0. The second kappa shape index (κ2) is 5.97. The molecule has 0 aromatic carbocycles. The zero-order valence-corrected chi connectivity index (χ0v) is 12.3. The van der Waals surface area contributed by atoms with Crippen molar-refractivity contribution in [1.82, 2.24) is 0 Å². The van der Waals surface area contributed by atoms with Gasteiger partial charge in [0.05, 0.1) is 8.67 Å². The highest BCUT2D eigenvalue weighted by atomic mass is 35.5. The van der Waals surface area contributed by atoms with Gasteiger partial charge in [-0.3, -0.25) is 9.59 Å². The molecule has 2 heterocycles. The van der Waals surface area contributed by atoms with E-state index in [1.54, 1.807) is 22.9 Å². The van der Waals surface area contributed by atoms with E-state index in [9.17, 15) is 9.59 Å². The van der Waals surface area contributed by atoms with Gasteiger partial charge < -0.3 is 0 Å². The second-order valence-corrected chi connectivity index (χ2v) is 6.71. The molecular formula is C12H8Cl2O2S2. The Balaban J connectivity index is 1.92. The van der Waals surface area contributed by atoms with E-state index >= 15 is 0 Å². The Labute approximate surface area is 122 Å². The van der Waals surface area contributed by atoms with E-state index in [1.807, 2.05) is 0 Å². The highest BCUT2D eigenvalue weighted by Crippen LogP contribution is 2.23. The van der Waals surface area contributed by atoms with Crippen LogP contribution >= 0.6 is 45.9 Å². The van der Waals surface area contributed by atoms with Gasteiger partial charge in [0, 0.05) is 34.7 Å². The fourth-order valence-electron chi connectivity index (χ4n) is 1.43. The second-order valence-electron chi connectivity index (χ2n) is 3.63. The van der Waals surface area contributed by atoms with Gasteiger partial charge in [-0.15, -0.1) is 22.7 Å². The van der Waals surface area contributed by atoms with E-state index in [4.69, 9.17) is 23.2 Å². The number of Topliss-reactive ketones (excluding diaryl/α,β-unsaturated/α-hetero) is 2. The van der Waals surface area contributed by atoms with Crippen LogP contribution < -0.4 is 0 Å². The lowest BCUT2D eigenvalue weighted by Crippen LogP contribution is -2.03. The number of hydrogen-bond donors (Lipinski definition) is 0. The first-order valence-electron chi connectivity index (χ1n) is 5.11. The average Bonchev–Trinajstić information content (AvgIpc) is 2.94. The number of carbonyl (C=O) groups excluding carboxylic acids is 2. The first kappa shape index (κ1) is 13.7. The average molecular weight is 319 g/mol. The standard InChI is InChI=1S/C12H8Cl2O2S2/c13-11-3-7(5-17-11)9(15)1-2-10(16)8-4-12(14)18-6-8/h3-6H,1-2H2. The molecule has 0 unspecified atom stereocenters. The number of ketones is 2. The van der Waals surface area contributed by atoms with Gasteiger partial charge in [-0.25, -0.2) is 0 Å². The zero-order chi connectivity index (χ0) is 13.1. The molecule has 0 aliphatic heterocycles. The van der Waals surface area contributed by atoms with Gasteiger partial charge in [0.1, 0.15) is 0 Å². The van der Waals surface area contributed by atoms with Crippen molar-refractivity contribution in [2.45, 2.75) is 12.8 Å². The molecule has 0 bridgehead atoms. The summed E-state index contributed by atoms with van der Waals surface area (Å²) in [5.41, 5.74) is 1.14. The summed E-state index contributed by atoms with van der Waals surface area (Å²) >= 11 is 14.1. The van der Waals surface area contributed by atoms with Crippen LogP contribution in [-0.2, 0) is 0 Å². The molecule has 18 heavy (non-hydrogen) atoms. The number of rotatable bonds is 5. The smallest absolute Gasteiger partial charge is 0.164 e. The van der Waals surface area contributed by atoms with Crippen LogP contribution in [0.1, 0.15) is 33.6 Å². The van der Waals surface area contributed by atoms with Gasteiger partial charge in [-0.05, 0) is 12.1 Å². The maximum absolute atomic E-state index is 11.8. The first-order chi connectivity index (χ1) is 8.56. The molecule has 0 amide bonds. The van der Waals surface area contributed by atoms with Crippen LogP contribution in [0.2, 0.25) is 8.67 Å². The molecule has 0 radical (unpaired) electrons. The number of halogens is 2. The maximum atomic E-state index is 11.8. The zero-order valence-electron chi connectivity index (χ0n) is 9.11. The predicted molar refractivity (Wildman–Crippen MR) is 76.6 cm³/mol. The van der Waals surface area contributed by atoms with Crippen LogP contribution in [-0.4, -0.2) is 11.6 Å². The summed E-state index contributed by atoms with van der Waals surface area (Å²) in [4.78, 5) is 23.5. The first-order valence-corrected chi connectivity index (χ1v) is 7.62. The van der Waals surface area contributed by atoms with E-state index in [2.05, 4.69) is 0 Å². The van der Waals surface area contributed by atoms with E-state index < -0.39 is 0 Å². The summed E-state index contributed by atoms with van der Waals surface area (Å²) in [5, 5.41) is 3.41. The lowest BCUT2D eigenvalue weighted by molar-refractivity contribution is 0.0918. The summed E-state index contributed by atoms with van der Waals surface area (Å²) in [6.07, 6.45) is 0.388. The van der Waals surface area contributed by atoms with Crippen LogP contribution in [0.3, 0.4) is 0 Å². The normalized spacial score (nSPS) is 10.6. The van der Waals surface area contributed by atoms with Crippen LogP contribution in [0.4, 0.5) is 0 Å². The third-order valence-electron chi connectivity index (χ3n) is 2.36. The van der Waals surface area contributed by atoms with Crippen molar-refractivity contribution in [3.63, 3.8) is 0 Å². The minimum absolute atomic E-state index is 0.0622. The number of carbonyl (C=O) groups is 2. The molecule has 94 valence electrons. The Morgan fingerprint density at radius 2 is 1.28 bits per heavy atom. The molecule has 6 heteroatoms. The topological polar surface area (TPSA) is 34.1 Å². The minimum Gasteiger partial charge on any atom is -0.294 e. The van der Waals surface area contributed by atoms with Crippen LogP contribution in [0.5, 0.6) is 0 Å². The van der Waals surface area contributed by atoms with Crippen molar-refractivity contribution in [2.75, 3.05) is 0 Å². The molecule has 0 saturated heterocycles. The van der Waals surface area contributed by atoms with Crippen LogP contribution in [0.15, 0.2) is 22.9 Å². The van der Waals surface area contributed by atoms with Gasteiger partial charge >= 0.3 is 0 Å². The molecule has 2 aromatic rings. The Hall–Kier alpha value is -0.680. The fraction of sp³-hybridized carbons (Fsp3) is 0.167. The third kappa shape index (κ3) is 3.42. The molecule has 0 spiro atoms. The molecule has 0 fully saturated rings. The van der Waals surface area contributed by atoms with Gasteiger partial charge in [-0.1, -0.05) is 23.2 Å². The van der Waals surface area contributed by atoms with Crippen molar-refractivity contribution in [3.8, 4) is 0 Å². The summed E-state index contributed by atoms with van der Waals surface area (Å²) in [6, 6.07) is 3.25. The van der Waals surface area contributed by atoms with Crippen LogP contribution in [0.25, 0.3) is 0 Å². The van der Waals surface area contributed by atoms with E-state index in [1.165, 1.54) is 22.7 Å². The molecular weight excluding hydrogens is 311 g/mol. The van der Waals surface area contributed by atoms with E-state index in [0.29, 0.717) is 19.8 Å². The molecule has 0 saturated carbocycles. The molecule has 2 nitrogen and oxygen atoms in total. The molecule has 2 rings (SSSR count). The van der Waals surface area contributed by atoms with Crippen molar-refractivity contribution in [3.05, 3.63) is 42.7 Å². The Morgan fingerprint density at radius 1 is 0.889 bits per heavy atom. The molecule has 0 N–H and O–H groups in total. The van der Waals surface area contributed by atoms with Crippen molar-refractivity contribution in [2.24, 2.45) is 0 Å². The van der Waals surface area contributed by atoms with E-state index in [-0.39, 0.29) is 24.4 Å². The lowest BCUT2D eigenvalue weighted by Gasteiger charge is -1.97. The quantitative estimate of drug-likeness (QED) is 0.730. The van der Waals surface area contributed by atoms with Gasteiger partial charge in [-0.2, -0.15) is 0 Å². The summed E-state index contributed by atoms with van der Waals surface area (Å²) < 4.78 is 1.16. The van der Waals surface area contributed by atoms with Crippen molar-refractivity contribution >= 4 is 57.4 Å². The number of hydrogen-bond acceptors (Lipinski definition) is 4. The predicted octanol–water partition coefficient (Wildman–Crippen LogP) is 4.96. The van der Waals surface area contributed by atoms with E-state index in [0.717, 1.165) is 0 Å². The summed E-state index contributed by atoms with van der Waals surface area (Å²) in [5.74, 6) is -0.124. The Kier molecular flexibility index (Phi) is 4.56. The van der Waals surface area contributed by atoms with Gasteiger partial charge in [0.2, 0.25) is 0 Å². The molecule has 0 atom stereocenters. The molecule has 2 aromatic heterocycles. The largest absolute Gasteiger partial charge is 0.294 e. The highest BCUT2D eigenvalue weighted by molar-refractivity contribution is 7.15. The van der Waals surface area contributed by atoms with Crippen molar-refractivity contribution < 1.29 is 9.59 Å². The Bertz CT molecular complexity index is 534. The highest BCUT2D eigenvalue weighted by Gasteiger charge is 2.13. The monoisotopic (exact) mass is 318 g/mol.